The second-order valence-corrected chi connectivity index (χ2v) is 6.65. The first kappa shape index (κ1) is 15.2. The number of aromatic nitrogens is 1. The third kappa shape index (κ3) is 2.58. The summed E-state index contributed by atoms with van der Waals surface area (Å²) in [5.74, 6) is -0.177. The zero-order valence-corrected chi connectivity index (χ0v) is 13.4. The molecular weight excluding hydrogens is 309 g/mol. The van der Waals surface area contributed by atoms with E-state index in [0.717, 1.165) is 36.7 Å². The molecule has 2 bridgehead atoms. The Morgan fingerprint density at radius 1 is 1.08 bits per heavy atom. The van der Waals surface area contributed by atoms with Crippen LogP contribution in [0.25, 0.3) is 5.69 Å². The van der Waals surface area contributed by atoms with Crippen molar-refractivity contribution in [1.29, 1.82) is 0 Å². The van der Waals surface area contributed by atoms with Gasteiger partial charge < -0.3 is 9.84 Å². The van der Waals surface area contributed by atoms with E-state index in [1.807, 2.05) is 0 Å². The number of hydrogen-bond acceptors (Lipinski definition) is 3. The highest BCUT2D eigenvalue weighted by Crippen LogP contribution is 2.30. The van der Waals surface area contributed by atoms with Gasteiger partial charge in [0.15, 0.2) is 0 Å². The molecule has 0 atom stereocenters. The number of rotatable bonds is 3. The summed E-state index contributed by atoms with van der Waals surface area (Å²) in [6, 6.07) is 6.12. The van der Waals surface area contributed by atoms with Crippen molar-refractivity contribution in [3.63, 3.8) is 0 Å². The third-order valence-electron chi connectivity index (χ3n) is 4.98. The first-order chi connectivity index (χ1) is 11.6. The lowest BCUT2D eigenvalue weighted by molar-refractivity contribution is 0.209. The van der Waals surface area contributed by atoms with Gasteiger partial charge >= 0.3 is 0 Å². The first-order valence-corrected chi connectivity index (χ1v) is 8.57. The fourth-order valence-corrected chi connectivity index (χ4v) is 3.71. The van der Waals surface area contributed by atoms with Crippen LogP contribution in [0.1, 0.15) is 43.2 Å². The summed E-state index contributed by atoms with van der Waals surface area (Å²) in [7, 11) is 0. The normalized spacial score (nSPS) is 17.2. The van der Waals surface area contributed by atoms with E-state index in [1.54, 1.807) is 12.1 Å². The van der Waals surface area contributed by atoms with Crippen molar-refractivity contribution in [1.82, 2.24) is 4.57 Å². The Morgan fingerprint density at radius 3 is 2.62 bits per heavy atom. The quantitative estimate of drug-likeness (QED) is 0.938. The van der Waals surface area contributed by atoms with E-state index in [9.17, 15) is 14.3 Å². The monoisotopic (exact) mass is 329 g/mol. The predicted molar refractivity (Wildman–Crippen MR) is 88.6 cm³/mol. The Labute approximate surface area is 139 Å². The molecule has 2 aromatic rings. The van der Waals surface area contributed by atoms with Crippen LogP contribution in [0, 0.1) is 5.82 Å². The summed E-state index contributed by atoms with van der Waals surface area (Å²) < 4.78 is 21.4. The van der Waals surface area contributed by atoms with Gasteiger partial charge in [0, 0.05) is 17.2 Å². The minimum Gasteiger partial charge on any atom is -0.494 e. The molecule has 0 radical (unpaired) electrons. The first-order valence-electron chi connectivity index (χ1n) is 8.57. The van der Waals surface area contributed by atoms with Gasteiger partial charge in [0.1, 0.15) is 11.6 Å². The highest BCUT2D eigenvalue weighted by Gasteiger charge is 2.22. The minimum absolute atomic E-state index is 0.0537. The van der Waals surface area contributed by atoms with E-state index >= 15 is 0 Å². The SMILES string of the molecule is O=c1c2cc(c(O)n1-c1cc(OC3CCCC3)ccc1F)CCC2. The fourth-order valence-electron chi connectivity index (χ4n) is 3.71. The van der Waals surface area contributed by atoms with E-state index in [4.69, 9.17) is 4.74 Å². The van der Waals surface area contributed by atoms with Crippen molar-refractivity contribution in [3.8, 4) is 17.3 Å². The fraction of sp³-hybridized carbons (Fsp3) is 0.421. The van der Waals surface area contributed by atoms with Gasteiger partial charge in [0.2, 0.25) is 5.88 Å². The molecule has 5 heteroatoms. The number of aryl methyl sites for hydroxylation is 2. The summed E-state index contributed by atoms with van der Waals surface area (Å²) in [6.45, 7) is 0. The van der Waals surface area contributed by atoms with Gasteiger partial charge in [-0.05, 0) is 63.1 Å². The van der Waals surface area contributed by atoms with Gasteiger partial charge in [-0.2, -0.15) is 0 Å². The molecule has 1 aromatic heterocycles. The molecule has 0 saturated heterocycles. The molecule has 0 amide bonds. The van der Waals surface area contributed by atoms with E-state index in [-0.39, 0.29) is 23.2 Å². The molecule has 1 fully saturated rings. The van der Waals surface area contributed by atoms with Gasteiger partial charge in [-0.1, -0.05) is 0 Å². The maximum Gasteiger partial charge on any atom is 0.261 e. The van der Waals surface area contributed by atoms with Crippen LogP contribution < -0.4 is 10.3 Å². The second kappa shape index (κ2) is 5.96. The van der Waals surface area contributed by atoms with Crippen LogP contribution in [0.2, 0.25) is 0 Å². The number of pyridine rings is 1. The van der Waals surface area contributed by atoms with Crippen molar-refractivity contribution in [2.75, 3.05) is 0 Å². The average molecular weight is 329 g/mol. The number of aromatic hydroxyl groups is 1. The molecule has 1 N–H and O–H groups in total. The average Bonchev–Trinajstić information content (AvgIpc) is 3.09. The molecule has 0 aliphatic heterocycles. The van der Waals surface area contributed by atoms with Crippen LogP contribution in [0.15, 0.2) is 29.1 Å². The summed E-state index contributed by atoms with van der Waals surface area (Å²) >= 11 is 0. The van der Waals surface area contributed by atoms with Crippen LogP contribution in [-0.4, -0.2) is 15.8 Å². The molecule has 126 valence electrons. The number of fused-ring (bicyclic) bond motifs is 2. The van der Waals surface area contributed by atoms with Crippen molar-refractivity contribution >= 4 is 0 Å². The molecular formula is C19H20FNO3. The van der Waals surface area contributed by atoms with E-state index in [2.05, 4.69) is 0 Å². The van der Waals surface area contributed by atoms with Crippen LogP contribution in [-0.2, 0) is 12.8 Å². The van der Waals surface area contributed by atoms with Crippen LogP contribution >= 0.6 is 0 Å². The van der Waals surface area contributed by atoms with Gasteiger partial charge in [0.05, 0.1) is 11.8 Å². The van der Waals surface area contributed by atoms with Crippen LogP contribution in [0.5, 0.6) is 11.6 Å². The van der Waals surface area contributed by atoms with Crippen molar-refractivity contribution < 1.29 is 14.2 Å². The van der Waals surface area contributed by atoms with Gasteiger partial charge in [-0.25, -0.2) is 8.96 Å². The Bertz CT molecular complexity index is 837. The maximum absolute atomic E-state index is 14.4. The van der Waals surface area contributed by atoms with Crippen LogP contribution in [0.4, 0.5) is 4.39 Å². The number of hydrogen-bond donors (Lipinski definition) is 1. The van der Waals surface area contributed by atoms with Gasteiger partial charge in [-0.15, -0.1) is 0 Å². The summed E-state index contributed by atoms with van der Waals surface area (Å²) in [5, 5.41) is 10.4. The number of ether oxygens (including phenoxy) is 1. The van der Waals surface area contributed by atoms with E-state index < -0.39 is 5.82 Å². The van der Waals surface area contributed by atoms with E-state index in [0.29, 0.717) is 29.7 Å². The summed E-state index contributed by atoms with van der Waals surface area (Å²) in [6.07, 6.45) is 6.61. The molecule has 1 heterocycles. The molecule has 0 spiro atoms. The predicted octanol–water partition coefficient (Wildman–Crippen LogP) is 3.49. The Hall–Kier alpha value is -2.30. The minimum atomic E-state index is -0.546. The largest absolute Gasteiger partial charge is 0.494 e. The lowest BCUT2D eigenvalue weighted by Crippen LogP contribution is -2.26. The van der Waals surface area contributed by atoms with Crippen molar-refractivity contribution in [2.45, 2.75) is 51.0 Å². The molecule has 24 heavy (non-hydrogen) atoms. The molecule has 0 unspecified atom stereocenters. The standard InChI is InChI=1S/C19H20FNO3/c20-16-9-8-15(24-14-6-1-2-7-14)11-17(16)21-18(22)12-4-3-5-13(10-12)19(21)23/h8-11,14,22H,1-7H2. The van der Waals surface area contributed by atoms with E-state index in [1.165, 1.54) is 12.1 Å². The van der Waals surface area contributed by atoms with Crippen molar-refractivity contribution in [3.05, 3.63) is 51.6 Å². The number of nitrogens with zero attached hydrogens (tertiary/aromatic N) is 1. The third-order valence-corrected chi connectivity index (χ3v) is 4.98. The van der Waals surface area contributed by atoms with Crippen molar-refractivity contribution in [2.24, 2.45) is 0 Å². The number of benzene rings is 1. The van der Waals surface area contributed by atoms with Gasteiger partial charge in [-0.3, -0.25) is 4.79 Å². The molecule has 4 rings (SSSR count). The molecule has 2 aliphatic rings. The summed E-state index contributed by atoms with van der Waals surface area (Å²) in [5.41, 5.74) is 1.01. The lowest BCUT2D eigenvalue weighted by Gasteiger charge is -2.20. The Kier molecular flexibility index (Phi) is 3.79. The molecule has 4 nitrogen and oxygen atoms in total. The smallest absolute Gasteiger partial charge is 0.261 e. The highest BCUT2D eigenvalue weighted by atomic mass is 19.1. The second-order valence-electron chi connectivity index (χ2n) is 6.65. The molecule has 2 aliphatic carbocycles. The van der Waals surface area contributed by atoms with Gasteiger partial charge in [0.25, 0.3) is 5.56 Å². The zero-order chi connectivity index (χ0) is 16.7. The lowest BCUT2D eigenvalue weighted by atomic mass is 9.97. The Balaban J connectivity index is 1.79. The summed E-state index contributed by atoms with van der Waals surface area (Å²) in [4.78, 5) is 12.6. The molecule has 1 saturated carbocycles. The van der Waals surface area contributed by atoms with Crippen LogP contribution in [0.3, 0.4) is 0 Å². The zero-order valence-electron chi connectivity index (χ0n) is 13.4. The topological polar surface area (TPSA) is 51.5 Å². The Morgan fingerprint density at radius 2 is 1.83 bits per heavy atom. The number of halogens is 1. The maximum atomic E-state index is 14.4. The molecule has 1 aromatic carbocycles. The highest BCUT2D eigenvalue weighted by molar-refractivity contribution is 5.47.